The van der Waals surface area contributed by atoms with Crippen LogP contribution in [-0.4, -0.2) is 44.9 Å². The number of hydrogen-bond donors (Lipinski definition) is 1. The van der Waals surface area contributed by atoms with Gasteiger partial charge in [-0.1, -0.05) is 18.2 Å². The van der Waals surface area contributed by atoms with E-state index in [4.69, 9.17) is 4.74 Å². The van der Waals surface area contributed by atoms with Gasteiger partial charge in [0.2, 0.25) is 10.0 Å². The third-order valence-electron chi connectivity index (χ3n) is 5.94. The average Bonchev–Trinajstić information content (AvgIpc) is 2.79. The van der Waals surface area contributed by atoms with Gasteiger partial charge in [0.15, 0.2) is 0 Å². The van der Waals surface area contributed by atoms with Gasteiger partial charge in [-0.3, -0.25) is 4.79 Å². The average molecular weight is 429 g/mol. The second-order valence-corrected chi connectivity index (χ2v) is 9.91. The molecule has 160 valence electrons. The molecule has 2 aromatic rings. The maximum absolute atomic E-state index is 12.7. The van der Waals surface area contributed by atoms with E-state index in [1.165, 1.54) is 40.4 Å². The van der Waals surface area contributed by atoms with Gasteiger partial charge in [-0.25, -0.2) is 8.42 Å². The fourth-order valence-corrected chi connectivity index (χ4v) is 5.51. The minimum Gasteiger partial charge on any atom is -0.379 e. The molecule has 0 bridgehead atoms. The lowest BCUT2D eigenvalue weighted by Crippen LogP contribution is -2.40. The molecule has 0 aromatic heterocycles. The van der Waals surface area contributed by atoms with Crippen LogP contribution in [0.3, 0.4) is 0 Å². The van der Waals surface area contributed by atoms with Crippen LogP contribution in [0, 0.1) is 0 Å². The van der Waals surface area contributed by atoms with Gasteiger partial charge in [0.05, 0.1) is 24.2 Å². The van der Waals surface area contributed by atoms with Gasteiger partial charge < -0.3 is 10.1 Å². The zero-order valence-corrected chi connectivity index (χ0v) is 18.1. The molecular weight excluding hydrogens is 400 g/mol. The van der Waals surface area contributed by atoms with Crippen molar-refractivity contribution in [2.45, 2.75) is 43.5 Å². The van der Waals surface area contributed by atoms with Crippen molar-refractivity contribution in [1.29, 1.82) is 0 Å². The van der Waals surface area contributed by atoms with Crippen molar-refractivity contribution >= 4 is 15.9 Å². The van der Waals surface area contributed by atoms with Crippen LogP contribution in [0.25, 0.3) is 0 Å². The van der Waals surface area contributed by atoms with E-state index in [1.54, 1.807) is 12.1 Å². The molecule has 0 spiro atoms. The highest BCUT2D eigenvalue weighted by molar-refractivity contribution is 7.89. The Labute approximate surface area is 178 Å². The summed E-state index contributed by atoms with van der Waals surface area (Å²) in [6.07, 6.45) is 4.70. The molecule has 1 unspecified atom stereocenters. The van der Waals surface area contributed by atoms with Crippen LogP contribution in [0.1, 0.15) is 52.9 Å². The van der Waals surface area contributed by atoms with Crippen molar-refractivity contribution < 1.29 is 17.9 Å². The number of benzene rings is 2. The number of rotatable bonds is 5. The number of nitrogens with zero attached hydrogens (tertiary/aromatic N) is 1. The molecular formula is C23H28N2O4S. The van der Waals surface area contributed by atoms with Crippen LogP contribution in [0.5, 0.6) is 0 Å². The maximum Gasteiger partial charge on any atom is 0.251 e. The molecule has 1 aliphatic heterocycles. The standard InChI is InChI=1S/C23H28N2O4S/c1-17(20-7-6-18-4-2-3-5-21(18)16-20)24-23(26)19-8-10-22(11-9-19)30(27,28)25-12-14-29-15-13-25/h6-11,16-17H,2-5,12-15H2,1H3,(H,24,26). The smallest absolute Gasteiger partial charge is 0.251 e. The summed E-state index contributed by atoms with van der Waals surface area (Å²) in [5.41, 5.74) is 4.34. The molecule has 1 heterocycles. The van der Waals surface area contributed by atoms with Crippen molar-refractivity contribution in [2.24, 2.45) is 0 Å². The maximum atomic E-state index is 12.7. The Morgan fingerprint density at radius 2 is 1.67 bits per heavy atom. The fourth-order valence-electron chi connectivity index (χ4n) is 4.10. The zero-order chi connectivity index (χ0) is 21.1. The van der Waals surface area contributed by atoms with Gasteiger partial charge in [-0.2, -0.15) is 4.31 Å². The summed E-state index contributed by atoms with van der Waals surface area (Å²) in [6, 6.07) is 12.5. The number of sulfonamides is 1. The van der Waals surface area contributed by atoms with Crippen LogP contribution in [0.2, 0.25) is 0 Å². The second-order valence-electron chi connectivity index (χ2n) is 7.97. The van der Waals surface area contributed by atoms with Gasteiger partial charge in [0, 0.05) is 18.7 Å². The summed E-state index contributed by atoms with van der Waals surface area (Å²) >= 11 is 0. The number of fused-ring (bicyclic) bond motifs is 1. The van der Waals surface area contributed by atoms with E-state index in [1.807, 2.05) is 6.92 Å². The Bertz CT molecular complexity index is 1010. The molecule has 4 rings (SSSR count). The van der Waals surface area contributed by atoms with E-state index in [9.17, 15) is 13.2 Å². The first kappa shape index (κ1) is 21.0. The van der Waals surface area contributed by atoms with E-state index < -0.39 is 10.0 Å². The topological polar surface area (TPSA) is 75.7 Å². The second kappa shape index (κ2) is 8.88. The van der Waals surface area contributed by atoms with E-state index in [-0.39, 0.29) is 16.8 Å². The lowest BCUT2D eigenvalue weighted by Gasteiger charge is -2.26. The van der Waals surface area contributed by atoms with Crippen molar-refractivity contribution in [3.8, 4) is 0 Å². The van der Waals surface area contributed by atoms with Crippen LogP contribution < -0.4 is 5.32 Å². The van der Waals surface area contributed by atoms with Crippen molar-refractivity contribution in [3.63, 3.8) is 0 Å². The predicted octanol–water partition coefficient (Wildman–Crippen LogP) is 3.08. The largest absolute Gasteiger partial charge is 0.379 e. The van der Waals surface area contributed by atoms with E-state index in [0.717, 1.165) is 18.4 Å². The number of carbonyl (C=O) groups excluding carboxylic acids is 1. The van der Waals surface area contributed by atoms with Gasteiger partial charge in [-0.05, 0) is 73.6 Å². The minimum atomic E-state index is -3.56. The summed E-state index contributed by atoms with van der Waals surface area (Å²) in [6.45, 7) is 3.48. The molecule has 30 heavy (non-hydrogen) atoms. The quantitative estimate of drug-likeness (QED) is 0.794. The summed E-state index contributed by atoms with van der Waals surface area (Å²) < 4.78 is 32.1. The van der Waals surface area contributed by atoms with Gasteiger partial charge >= 0.3 is 0 Å². The molecule has 0 radical (unpaired) electrons. The molecule has 1 fully saturated rings. The van der Waals surface area contributed by atoms with Crippen LogP contribution >= 0.6 is 0 Å². The number of aryl methyl sites for hydroxylation is 2. The Hall–Kier alpha value is -2.22. The number of nitrogens with one attached hydrogen (secondary N) is 1. The van der Waals surface area contributed by atoms with Crippen molar-refractivity contribution in [3.05, 3.63) is 64.7 Å². The Morgan fingerprint density at radius 1 is 1.00 bits per heavy atom. The minimum absolute atomic E-state index is 0.124. The molecule has 1 N–H and O–H groups in total. The number of amides is 1. The van der Waals surface area contributed by atoms with E-state index >= 15 is 0 Å². The normalized spacial score (nSPS) is 18.4. The van der Waals surface area contributed by atoms with Crippen molar-refractivity contribution in [1.82, 2.24) is 9.62 Å². The highest BCUT2D eigenvalue weighted by atomic mass is 32.2. The van der Waals surface area contributed by atoms with Crippen LogP contribution in [0.4, 0.5) is 0 Å². The molecule has 7 heteroatoms. The molecule has 1 saturated heterocycles. The Morgan fingerprint density at radius 3 is 2.37 bits per heavy atom. The molecule has 6 nitrogen and oxygen atoms in total. The van der Waals surface area contributed by atoms with Crippen LogP contribution in [-0.2, 0) is 27.6 Å². The van der Waals surface area contributed by atoms with Crippen LogP contribution in [0.15, 0.2) is 47.4 Å². The summed E-state index contributed by atoms with van der Waals surface area (Å²) in [5, 5.41) is 3.03. The first-order valence-electron chi connectivity index (χ1n) is 10.6. The lowest BCUT2D eigenvalue weighted by molar-refractivity contribution is 0.0730. The van der Waals surface area contributed by atoms with E-state index in [2.05, 4.69) is 23.5 Å². The summed E-state index contributed by atoms with van der Waals surface area (Å²) in [5.74, 6) is -0.212. The molecule has 2 aliphatic rings. The first-order valence-corrected chi connectivity index (χ1v) is 12.0. The molecule has 1 atom stereocenters. The Kier molecular flexibility index (Phi) is 6.22. The third-order valence-corrected chi connectivity index (χ3v) is 7.86. The predicted molar refractivity (Wildman–Crippen MR) is 115 cm³/mol. The summed E-state index contributed by atoms with van der Waals surface area (Å²) in [4.78, 5) is 12.9. The van der Waals surface area contributed by atoms with Gasteiger partial charge in [-0.15, -0.1) is 0 Å². The number of hydrogen-bond acceptors (Lipinski definition) is 4. The summed E-state index contributed by atoms with van der Waals surface area (Å²) in [7, 11) is -3.56. The van der Waals surface area contributed by atoms with Gasteiger partial charge in [0.1, 0.15) is 0 Å². The van der Waals surface area contributed by atoms with E-state index in [0.29, 0.717) is 31.9 Å². The SMILES string of the molecule is CC(NC(=O)c1ccc(S(=O)(=O)N2CCOCC2)cc1)c1ccc2c(c1)CCCC2. The number of morpholine rings is 1. The Balaban J connectivity index is 1.43. The number of ether oxygens (including phenoxy) is 1. The fraction of sp³-hybridized carbons (Fsp3) is 0.435. The molecule has 2 aromatic carbocycles. The first-order chi connectivity index (χ1) is 14.4. The lowest BCUT2D eigenvalue weighted by atomic mass is 9.89. The zero-order valence-electron chi connectivity index (χ0n) is 17.3. The third kappa shape index (κ3) is 4.43. The highest BCUT2D eigenvalue weighted by Crippen LogP contribution is 2.25. The molecule has 1 amide bonds. The van der Waals surface area contributed by atoms with Crippen molar-refractivity contribution in [2.75, 3.05) is 26.3 Å². The molecule has 1 aliphatic carbocycles. The monoisotopic (exact) mass is 428 g/mol. The highest BCUT2D eigenvalue weighted by Gasteiger charge is 2.26. The molecule has 0 saturated carbocycles. The number of carbonyl (C=O) groups is 1. The van der Waals surface area contributed by atoms with Gasteiger partial charge in [0.25, 0.3) is 5.91 Å².